The number of aromatic nitrogens is 4. The molecule has 9 heteroatoms. The molecular formula is C23H20N6O2S. The Kier molecular flexibility index (Phi) is 4.90. The Morgan fingerprint density at radius 1 is 1.06 bits per heavy atom. The normalized spacial score (nSPS) is 14.8. The van der Waals surface area contributed by atoms with E-state index in [9.17, 15) is 9.59 Å². The first-order valence-electron chi connectivity index (χ1n) is 10.1. The van der Waals surface area contributed by atoms with Gasteiger partial charge in [-0.25, -0.2) is 14.6 Å². The van der Waals surface area contributed by atoms with Gasteiger partial charge in [-0.3, -0.25) is 14.5 Å². The molecule has 1 aliphatic heterocycles. The molecule has 0 saturated heterocycles. The molecule has 3 heterocycles. The minimum atomic E-state index is -1.01. The number of anilines is 2. The first-order chi connectivity index (χ1) is 15.5. The minimum Gasteiger partial charge on any atom is -0.322 e. The molecule has 160 valence electrons. The van der Waals surface area contributed by atoms with E-state index in [1.54, 1.807) is 35.7 Å². The summed E-state index contributed by atoms with van der Waals surface area (Å²) in [5.41, 5.74) is 1.87. The number of thioether (sulfide) groups is 1. The van der Waals surface area contributed by atoms with E-state index >= 15 is 0 Å². The number of fused-ring (bicyclic) bond motifs is 2. The predicted octanol–water partition coefficient (Wildman–Crippen LogP) is 3.67. The summed E-state index contributed by atoms with van der Waals surface area (Å²) >= 11 is 1.31. The second kappa shape index (κ2) is 7.76. The summed E-state index contributed by atoms with van der Waals surface area (Å²) in [5, 5.41) is 8.77. The van der Waals surface area contributed by atoms with E-state index in [0.29, 0.717) is 22.0 Å². The molecule has 2 aromatic heterocycles. The van der Waals surface area contributed by atoms with Gasteiger partial charge in [0.05, 0.1) is 34.4 Å². The molecule has 2 amide bonds. The van der Waals surface area contributed by atoms with Crippen LogP contribution in [0.15, 0.2) is 72.1 Å². The fourth-order valence-electron chi connectivity index (χ4n) is 3.79. The van der Waals surface area contributed by atoms with Crippen LogP contribution >= 0.6 is 11.8 Å². The Hall–Kier alpha value is -3.72. The number of benzene rings is 2. The van der Waals surface area contributed by atoms with Crippen LogP contribution in [0.4, 0.5) is 11.4 Å². The van der Waals surface area contributed by atoms with Crippen molar-refractivity contribution in [3.05, 3.63) is 67.1 Å². The fourth-order valence-corrected chi connectivity index (χ4v) is 4.60. The molecular weight excluding hydrogens is 424 g/mol. The molecule has 32 heavy (non-hydrogen) atoms. The van der Waals surface area contributed by atoms with Gasteiger partial charge in [-0.2, -0.15) is 5.10 Å². The quantitative estimate of drug-likeness (QED) is 0.381. The Bertz CT molecular complexity index is 1330. The summed E-state index contributed by atoms with van der Waals surface area (Å²) < 4.78 is 1.75. The second-order valence-corrected chi connectivity index (χ2v) is 8.82. The van der Waals surface area contributed by atoms with Gasteiger partial charge in [0.1, 0.15) is 16.9 Å². The van der Waals surface area contributed by atoms with E-state index in [4.69, 9.17) is 0 Å². The van der Waals surface area contributed by atoms with E-state index in [-0.39, 0.29) is 17.6 Å². The van der Waals surface area contributed by atoms with Crippen LogP contribution in [-0.2, 0) is 9.59 Å². The first kappa shape index (κ1) is 20.2. The number of nitrogens with one attached hydrogen (secondary N) is 1. The number of amides is 2. The molecule has 4 aromatic rings. The van der Waals surface area contributed by atoms with Gasteiger partial charge in [0.2, 0.25) is 11.8 Å². The van der Waals surface area contributed by atoms with Crippen LogP contribution in [-0.4, -0.2) is 42.9 Å². The second-order valence-electron chi connectivity index (χ2n) is 7.86. The number of rotatable bonds is 4. The van der Waals surface area contributed by atoms with Crippen molar-refractivity contribution in [3.8, 4) is 5.69 Å². The lowest BCUT2D eigenvalue weighted by atomic mass is 9.96. The molecule has 0 atom stereocenters. The van der Waals surface area contributed by atoms with Crippen molar-refractivity contribution in [2.24, 2.45) is 0 Å². The van der Waals surface area contributed by atoms with E-state index in [1.807, 2.05) is 48.5 Å². The zero-order valence-corrected chi connectivity index (χ0v) is 18.3. The Balaban J connectivity index is 1.43. The highest BCUT2D eigenvalue weighted by atomic mass is 32.2. The highest BCUT2D eigenvalue weighted by molar-refractivity contribution is 8.00. The lowest BCUT2D eigenvalue weighted by Crippen LogP contribution is -2.58. The molecule has 0 spiro atoms. The number of hydrogen-bond acceptors (Lipinski definition) is 6. The van der Waals surface area contributed by atoms with Crippen LogP contribution < -0.4 is 10.2 Å². The van der Waals surface area contributed by atoms with Crippen molar-refractivity contribution in [2.75, 3.05) is 16.0 Å². The number of nitrogens with zero attached hydrogens (tertiary/aromatic N) is 5. The van der Waals surface area contributed by atoms with Crippen molar-refractivity contribution in [3.63, 3.8) is 0 Å². The van der Waals surface area contributed by atoms with Gasteiger partial charge in [-0.15, -0.1) is 0 Å². The van der Waals surface area contributed by atoms with Gasteiger partial charge in [0, 0.05) is 0 Å². The summed E-state index contributed by atoms with van der Waals surface area (Å²) in [5.74, 6) is -0.277. The molecule has 0 saturated carbocycles. The fraction of sp³-hybridized carbons (Fsp3) is 0.174. The molecule has 0 radical (unpaired) electrons. The third-order valence-corrected chi connectivity index (χ3v) is 6.41. The Labute approximate surface area is 188 Å². The van der Waals surface area contributed by atoms with Crippen molar-refractivity contribution >= 4 is 46.0 Å². The third kappa shape index (κ3) is 3.31. The van der Waals surface area contributed by atoms with Crippen LogP contribution in [0.3, 0.4) is 0 Å². The lowest BCUT2D eigenvalue weighted by molar-refractivity contribution is -0.125. The maximum Gasteiger partial charge on any atom is 0.250 e. The standard InChI is InChI=1S/C23H20N6O2S/c1-23(2)22(31)27-17-10-6-7-11-18(17)28(23)19(30)13-32-21-16-12-26-29(20(16)24-14-25-21)15-8-4-3-5-9-15/h3-12,14H,13H2,1-2H3,(H,27,31). The van der Waals surface area contributed by atoms with Crippen molar-refractivity contribution in [1.82, 2.24) is 19.7 Å². The molecule has 0 aliphatic carbocycles. The molecule has 5 rings (SSSR count). The summed E-state index contributed by atoms with van der Waals surface area (Å²) in [4.78, 5) is 36.3. The van der Waals surface area contributed by atoms with Crippen LogP contribution in [0, 0.1) is 0 Å². The molecule has 1 aliphatic rings. The topological polar surface area (TPSA) is 93.0 Å². The largest absolute Gasteiger partial charge is 0.322 e. The lowest BCUT2D eigenvalue weighted by Gasteiger charge is -2.42. The van der Waals surface area contributed by atoms with E-state index in [2.05, 4.69) is 20.4 Å². The van der Waals surface area contributed by atoms with E-state index in [1.165, 1.54) is 18.1 Å². The zero-order chi connectivity index (χ0) is 22.3. The number of hydrogen-bond donors (Lipinski definition) is 1. The third-order valence-electron chi connectivity index (χ3n) is 5.42. The monoisotopic (exact) mass is 444 g/mol. The minimum absolute atomic E-state index is 0.119. The molecule has 0 fully saturated rings. The van der Waals surface area contributed by atoms with Gasteiger partial charge in [-0.05, 0) is 38.1 Å². The van der Waals surface area contributed by atoms with Crippen molar-refractivity contribution in [1.29, 1.82) is 0 Å². The summed E-state index contributed by atoms with van der Waals surface area (Å²) in [6.07, 6.45) is 3.19. The summed E-state index contributed by atoms with van der Waals surface area (Å²) in [6, 6.07) is 17.0. The van der Waals surface area contributed by atoms with Crippen molar-refractivity contribution < 1.29 is 9.59 Å². The SMILES string of the molecule is CC1(C)C(=O)Nc2ccccc2N1C(=O)CSc1ncnc2c1cnn2-c1ccccc1. The maximum atomic E-state index is 13.3. The smallest absolute Gasteiger partial charge is 0.250 e. The van der Waals surface area contributed by atoms with Gasteiger partial charge >= 0.3 is 0 Å². The highest BCUT2D eigenvalue weighted by Crippen LogP contribution is 2.37. The molecule has 0 unspecified atom stereocenters. The van der Waals surface area contributed by atoms with Gasteiger partial charge < -0.3 is 5.32 Å². The summed E-state index contributed by atoms with van der Waals surface area (Å²) in [6.45, 7) is 3.49. The van der Waals surface area contributed by atoms with E-state index < -0.39 is 5.54 Å². The Morgan fingerprint density at radius 3 is 2.62 bits per heavy atom. The van der Waals surface area contributed by atoms with Gasteiger partial charge in [0.25, 0.3) is 0 Å². The van der Waals surface area contributed by atoms with E-state index in [0.717, 1.165) is 11.1 Å². The predicted molar refractivity (Wildman–Crippen MR) is 124 cm³/mol. The van der Waals surface area contributed by atoms with Crippen molar-refractivity contribution in [2.45, 2.75) is 24.4 Å². The zero-order valence-electron chi connectivity index (χ0n) is 17.5. The molecule has 1 N–H and O–H groups in total. The van der Waals surface area contributed by atoms with Gasteiger partial charge in [0.15, 0.2) is 5.65 Å². The molecule has 0 bridgehead atoms. The summed E-state index contributed by atoms with van der Waals surface area (Å²) in [7, 11) is 0. The molecule has 2 aromatic carbocycles. The van der Waals surface area contributed by atoms with Crippen LogP contribution in [0.25, 0.3) is 16.7 Å². The van der Waals surface area contributed by atoms with Crippen LogP contribution in [0.5, 0.6) is 0 Å². The van der Waals surface area contributed by atoms with Gasteiger partial charge in [-0.1, -0.05) is 42.1 Å². The number of carbonyl (C=O) groups is 2. The number of carbonyl (C=O) groups excluding carboxylic acids is 2. The van der Waals surface area contributed by atoms with Crippen LogP contribution in [0.2, 0.25) is 0 Å². The number of para-hydroxylation sites is 3. The first-order valence-corrected chi connectivity index (χ1v) is 11.1. The average Bonchev–Trinajstić information content (AvgIpc) is 3.23. The van der Waals surface area contributed by atoms with Crippen LogP contribution in [0.1, 0.15) is 13.8 Å². The average molecular weight is 445 g/mol. The maximum absolute atomic E-state index is 13.3. The molecule has 8 nitrogen and oxygen atoms in total. The Morgan fingerprint density at radius 2 is 1.81 bits per heavy atom. The highest BCUT2D eigenvalue weighted by Gasteiger charge is 2.43.